The molecule has 5 nitrogen and oxygen atoms in total. The molecule has 26 heavy (non-hydrogen) atoms. The normalized spacial score (nSPS) is 10.6. The van der Waals surface area contributed by atoms with Crippen LogP contribution in [0.15, 0.2) is 52.9 Å². The van der Waals surface area contributed by atoms with E-state index in [-0.39, 0.29) is 12.5 Å². The van der Waals surface area contributed by atoms with E-state index in [1.165, 1.54) is 6.07 Å². The van der Waals surface area contributed by atoms with Gasteiger partial charge >= 0.3 is 0 Å². The van der Waals surface area contributed by atoms with Crippen molar-refractivity contribution in [1.82, 2.24) is 0 Å². The number of hydrogen-bond donors (Lipinski definition) is 2. The van der Waals surface area contributed by atoms with Crippen LogP contribution in [0, 0.1) is 0 Å². The summed E-state index contributed by atoms with van der Waals surface area (Å²) < 4.78 is 10.9. The first-order valence-electron chi connectivity index (χ1n) is 7.66. The summed E-state index contributed by atoms with van der Waals surface area (Å²) >= 11 is 11.8. The topological polar surface area (TPSA) is 71.7 Å². The van der Waals surface area contributed by atoms with Crippen molar-refractivity contribution in [3.8, 4) is 17.1 Å². The first-order chi connectivity index (χ1) is 12.5. The van der Waals surface area contributed by atoms with Gasteiger partial charge in [0.25, 0.3) is 5.91 Å². The number of amides is 1. The Morgan fingerprint density at radius 3 is 2.58 bits per heavy atom. The van der Waals surface area contributed by atoms with Crippen molar-refractivity contribution in [2.75, 3.05) is 12.4 Å². The zero-order valence-electron chi connectivity index (χ0n) is 13.8. The molecule has 2 aromatic carbocycles. The Morgan fingerprint density at radius 2 is 1.92 bits per heavy atom. The molecular weight excluding hydrogens is 377 g/mol. The summed E-state index contributed by atoms with van der Waals surface area (Å²) in [5.41, 5.74) is 1.59. The van der Waals surface area contributed by atoms with Crippen LogP contribution in [-0.2, 0) is 6.61 Å². The average molecular weight is 392 g/mol. The minimum atomic E-state index is -0.324. The SMILES string of the molecule is COc1ccc(NC(=O)c2ccc(Cl)c(Cl)c2)cc1-c1ccc(CO)o1. The molecule has 0 saturated heterocycles. The number of aliphatic hydroxyl groups is 1. The van der Waals surface area contributed by atoms with Gasteiger partial charge in [0.2, 0.25) is 0 Å². The second-order valence-electron chi connectivity index (χ2n) is 5.42. The maximum Gasteiger partial charge on any atom is 0.255 e. The van der Waals surface area contributed by atoms with Crippen molar-refractivity contribution >= 4 is 34.8 Å². The van der Waals surface area contributed by atoms with Crippen molar-refractivity contribution in [2.24, 2.45) is 0 Å². The highest BCUT2D eigenvalue weighted by atomic mass is 35.5. The fourth-order valence-electron chi connectivity index (χ4n) is 2.43. The summed E-state index contributed by atoms with van der Waals surface area (Å²) in [6.07, 6.45) is 0. The second kappa shape index (κ2) is 7.83. The Bertz CT molecular complexity index is 952. The van der Waals surface area contributed by atoms with Gasteiger partial charge in [-0.1, -0.05) is 23.2 Å². The average Bonchev–Trinajstić information content (AvgIpc) is 3.13. The number of benzene rings is 2. The summed E-state index contributed by atoms with van der Waals surface area (Å²) in [5, 5.41) is 12.7. The third kappa shape index (κ3) is 3.85. The van der Waals surface area contributed by atoms with Gasteiger partial charge in [-0.25, -0.2) is 0 Å². The predicted molar refractivity (Wildman–Crippen MR) is 101 cm³/mol. The number of halogens is 2. The fourth-order valence-corrected chi connectivity index (χ4v) is 2.72. The van der Waals surface area contributed by atoms with Crippen molar-refractivity contribution < 1.29 is 19.1 Å². The fraction of sp³-hybridized carbons (Fsp3) is 0.105. The van der Waals surface area contributed by atoms with E-state index in [4.69, 9.17) is 37.5 Å². The molecule has 0 aliphatic rings. The Hall–Kier alpha value is -2.47. The lowest BCUT2D eigenvalue weighted by molar-refractivity contribution is 0.102. The van der Waals surface area contributed by atoms with Crippen molar-refractivity contribution in [3.63, 3.8) is 0 Å². The van der Waals surface area contributed by atoms with Crippen LogP contribution in [0.1, 0.15) is 16.1 Å². The number of nitrogens with one attached hydrogen (secondary N) is 1. The smallest absolute Gasteiger partial charge is 0.255 e. The first-order valence-corrected chi connectivity index (χ1v) is 8.42. The molecule has 2 N–H and O–H groups in total. The zero-order chi connectivity index (χ0) is 18.7. The molecule has 0 atom stereocenters. The third-order valence-electron chi connectivity index (χ3n) is 3.72. The van der Waals surface area contributed by atoms with Crippen molar-refractivity contribution in [3.05, 3.63) is 69.9 Å². The first kappa shape index (κ1) is 18.3. The standard InChI is InChI=1S/C19H15Cl2NO4/c1-25-17-6-3-12(9-14(17)18-7-4-13(10-23)26-18)22-19(24)11-2-5-15(20)16(21)8-11/h2-9,23H,10H2,1H3,(H,22,24). The number of anilines is 1. The number of aliphatic hydroxyl groups excluding tert-OH is 1. The maximum absolute atomic E-state index is 12.4. The van der Waals surface area contributed by atoms with E-state index in [1.54, 1.807) is 49.6 Å². The lowest BCUT2D eigenvalue weighted by Crippen LogP contribution is -2.11. The summed E-state index contributed by atoms with van der Waals surface area (Å²) in [7, 11) is 1.54. The number of rotatable bonds is 5. The molecule has 0 radical (unpaired) electrons. The highest BCUT2D eigenvalue weighted by Crippen LogP contribution is 2.34. The van der Waals surface area contributed by atoms with Crippen LogP contribution in [0.3, 0.4) is 0 Å². The lowest BCUT2D eigenvalue weighted by atomic mass is 10.1. The largest absolute Gasteiger partial charge is 0.496 e. The molecule has 0 unspecified atom stereocenters. The van der Waals surface area contributed by atoms with Crippen molar-refractivity contribution in [1.29, 1.82) is 0 Å². The summed E-state index contributed by atoms with van der Waals surface area (Å²) in [4.78, 5) is 12.4. The molecule has 0 fully saturated rings. The monoisotopic (exact) mass is 391 g/mol. The number of ether oxygens (including phenoxy) is 1. The molecule has 0 aliphatic carbocycles. The van der Waals surface area contributed by atoms with Crippen LogP contribution in [0.5, 0.6) is 5.75 Å². The van der Waals surface area contributed by atoms with Gasteiger partial charge < -0.3 is 19.6 Å². The summed E-state index contributed by atoms with van der Waals surface area (Å²) in [6, 6.07) is 13.2. The predicted octanol–water partition coefficient (Wildman–Crippen LogP) is 5.01. The number of furan rings is 1. The quantitative estimate of drug-likeness (QED) is 0.641. The number of carbonyl (C=O) groups is 1. The van der Waals surface area contributed by atoms with Crippen LogP contribution in [0.2, 0.25) is 10.0 Å². The molecule has 134 valence electrons. The molecule has 3 aromatic rings. The van der Waals surface area contributed by atoms with E-state index in [2.05, 4.69) is 5.32 Å². The van der Waals surface area contributed by atoms with Gasteiger partial charge in [0.15, 0.2) is 0 Å². The van der Waals surface area contributed by atoms with Crippen LogP contribution in [0.25, 0.3) is 11.3 Å². The van der Waals surface area contributed by atoms with Crippen LogP contribution < -0.4 is 10.1 Å². The molecule has 0 aliphatic heterocycles. The van der Waals surface area contributed by atoms with Crippen molar-refractivity contribution in [2.45, 2.75) is 6.61 Å². The van der Waals surface area contributed by atoms with Gasteiger partial charge in [-0.3, -0.25) is 4.79 Å². The van der Waals surface area contributed by atoms with Gasteiger partial charge in [0.05, 0.1) is 22.7 Å². The van der Waals surface area contributed by atoms with Gasteiger partial charge in [-0.05, 0) is 48.5 Å². The number of carbonyl (C=O) groups excluding carboxylic acids is 1. The van der Waals surface area contributed by atoms with Gasteiger partial charge in [0.1, 0.15) is 23.9 Å². The third-order valence-corrected chi connectivity index (χ3v) is 4.46. The molecule has 1 heterocycles. The molecule has 1 aromatic heterocycles. The van der Waals surface area contributed by atoms with E-state index in [0.29, 0.717) is 44.1 Å². The van der Waals surface area contributed by atoms with E-state index in [1.807, 2.05) is 0 Å². The molecular formula is C19H15Cl2NO4. The highest BCUT2D eigenvalue weighted by Gasteiger charge is 2.14. The van der Waals surface area contributed by atoms with E-state index in [9.17, 15) is 4.79 Å². The van der Waals surface area contributed by atoms with Crippen LogP contribution >= 0.6 is 23.2 Å². The Morgan fingerprint density at radius 1 is 1.12 bits per heavy atom. The molecule has 3 rings (SSSR count). The van der Waals surface area contributed by atoms with E-state index in [0.717, 1.165) is 0 Å². The van der Waals surface area contributed by atoms with Crippen LogP contribution in [-0.4, -0.2) is 18.1 Å². The molecule has 0 spiro atoms. The highest BCUT2D eigenvalue weighted by molar-refractivity contribution is 6.42. The maximum atomic E-state index is 12.4. The number of methoxy groups -OCH3 is 1. The van der Waals surface area contributed by atoms with Gasteiger partial charge in [-0.15, -0.1) is 0 Å². The van der Waals surface area contributed by atoms with Crippen LogP contribution in [0.4, 0.5) is 5.69 Å². The summed E-state index contributed by atoms with van der Waals surface area (Å²) in [5.74, 6) is 1.22. The Balaban J connectivity index is 1.89. The molecule has 0 saturated carbocycles. The number of hydrogen-bond acceptors (Lipinski definition) is 4. The molecule has 0 bridgehead atoms. The minimum absolute atomic E-state index is 0.198. The summed E-state index contributed by atoms with van der Waals surface area (Å²) in [6.45, 7) is -0.198. The second-order valence-corrected chi connectivity index (χ2v) is 6.24. The van der Waals surface area contributed by atoms with E-state index >= 15 is 0 Å². The van der Waals surface area contributed by atoms with Gasteiger partial charge in [-0.2, -0.15) is 0 Å². The molecule has 1 amide bonds. The zero-order valence-corrected chi connectivity index (χ0v) is 15.3. The minimum Gasteiger partial charge on any atom is -0.496 e. The van der Waals surface area contributed by atoms with E-state index < -0.39 is 0 Å². The Kier molecular flexibility index (Phi) is 5.52. The lowest BCUT2D eigenvalue weighted by Gasteiger charge is -2.11. The molecule has 7 heteroatoms. The Labute approximate surface area is 160 Å². The van der Waals surface area contributed by atoms with Gasteiger partial charge in [0, 0.05) is 11.3 Å².